The summed E-state index contributed by atoms with van der Waals surface area (Å²) in [6, 6.07) is 5.12. The molecule has 0 spiro atoms. The molecule has 0 radical (unpaired) electrons. The van der Waals surface area contributed by atoms with Crippen LogP contribution in [0.25, 0.3) is 11.0 Å². The van der Waals surface area contributed by atoms with Crippen LogP contribution in [0.2, 0.25) is 0 Å². The highest BCUT2D eigenvalue weighted by Crippen LogP contribution is 2.50. The van der Waals surface area contributed by atoms with Crippen LogP contribution in [-0.4, -0.2) is 26.3 Å². The van der Waals surface area contributed by atoms with Gasteiger partial charge in [0.25, 0.3) is 0 Å². The van der Waals surface area contributed by atoms with Gasteiger partial charge in [0.05, 0.1) is 16.8 Å². The van der Waals surface area contributed by atoms with Crippen molar-refractivity contribution in [2.45, 2.75) is 32.6 Å². The molecular weight excluding hydrogens is 392 g/mol. The molecule has 0 bridgehead atoms. The Morgan fingerprint density at radius 1 is 1.38 bits per heavy atom. The van der Waals surface area contributed by atoms with Crippen LogP contribution in [0, 0.1) is 0 Å². The fourth-order valence-electron chi connectivity index (χ4n) is 3.42. The molecule has 148 valence electrons. The molecule has 0 atom stereocenters. The van der Waals surface area contributed by atoms with Gasteiger partial charge in [-0.1, -0.05) is 13.8 Å². The lowest BCUT2D eigenvalue weighted by atomic mass is 9.76. The van der Waals surface area contributed by atoms with Gasteiger partial charge in [-0.3, -0.25) is 9.59 Å². The van der Waals surface area contributed by atoms with Crippen molar-refractivity contribution in [2.75, 3.05) is 10.6 Å². The molecule has 0 aliphatic carbocycles. The Labute approximate surface area is 170 Å². The van der Waals surface area contributed by atoms with Crippen LogP contribution in [0.3, 0.4) is 0 Å². The number of carbonyl (C=O) groups is 2. The van der Waals surface area contributed by atoms with E-state index in [-0.39, 0.29) is 29.7 Å². The second kappa shape index (κ2) is 6.89. The summed E-state index contributed by atoms with van der Waals surface area (Å²) in [5.41, 5.74) is 1.36. The maximum absolute atomic E-state index is 12.2. The van der Waals surface area contributed by atoms with Gasteiger partial charge in [0, 0.05) is 30.5 Å². The lowest BCUT2D eigenvalue weighted by molar-refractivity contribution is -0.117. The quantitative estimate of drug-likeness (QED) is 0.436. The number of hydrogen-bond acceptors (Lipinski definition) is 8. The minimum absolute atomic E-state index is 0.0911. The lowest BCUT2D eigenvalue weighted by Gasteiger charge is -2.33. The third kappa shape index (κ3) is 3.42. The Morgan fingerprint density at radius 3 is 2.93 bits per heavy atom. The molecule has 1 aliphatic rings. The Balaban J connectivity index is 1.88. The zero-order valence-electron chi connectivity index (χ0n) is 16.0. The Morgan fingerprint density at radius 2 is 2.17 bits per heavy atom. The van der Waals surface area contributed by atoms with Crippen LogP contribution >= 0.6 is 11.5 Å². The predicted octanol–water partition coefficient (Wildman–Crippen LogP) is 4.39. The third-order valence-corrected chi connectivity index (χ3v) is 5.36. The highest BCUT2D eigenvalue weighted by atomic mass is 32.1. The van der Waals surface area contributed by atoms with Gasteiger partial charge in [0.15, 0.2) is 10.6 Å². The van der Waals surface area contributed by atoms with Crippen molar-refractivity contribution in [3.8, 4) is 5.75 Å². The summed E-state index contributed by atoms with van der Waals surface area (Å²) >= 11 is 1.16. The number of fused-ring (bicyclic) bond motifs is 2. The van der Waals surface area contributed by atoms with Gasteiger partial charge >= 0.3 is 0 Å². The fraction of sp³-hybridized carbons (Fsp3) is 0.263. The molecule has 29 heavy (non-hydrogen) atoms. The minimum atomic E-state index is -0.651. The average molecular weight is 410 g/mol. The van der Waals surface area contributed by atoms with Gasteiger partial charge in [0.1, 0.15) is 11.4 Å². The van der Waals surface area contributed by atoms with E-state index in [2.05, 4.69) is 30.2 Å². The van der Waals surface area contributed by atoms with Crippen LogP contribution < -0.4 is 10.6 Å². The second-order valence-electron chi connectivity index (χ2n) is 7.39. The molecule has 9 nitrogen and oxygen atoms in total. The van der Waals surface area contributed by atoms with Crippen LogP contribution in [0.15, 0.2) is 34.6 Å². The van der Waals surface area contributed by atoms with Gasteiger partial charge in [-0.15, -0.1) is 10.2 Å². The highest BCUT2D eigenvalue weighted by molar-refractivity contribution is 7.11. The molecular formula is C19H18N6O3S. The fourth-order valence-corrected chi connectivity index (χ4v) is 4.08. The summed E-state index contributed by atoms with van der Waals surface area (Å²) in [5.74, 6) is -0.607. The molecule has 0 saturated carbocycles. The maximum Gasteiger partial charge on any atom is 0.225 e. The maximum atomic E-state index is 12.2. The van der Waals surface area contributed by atoms with E-state index >= 15 is 0 Å². The number of phenols is 1. The zero-order valence-corrected chi connectivity index (χ0v) is 16.8. The van der Waals surface area contributed by atoms with Crippen molar-refractivity contribution in [1.82, 2.24) is 9.36 Å². The zero-order chi connectivity index (χ0) is 20.8. The van der Waals surface area contributed by atoms with Gasteiger partial charge in [-0.2, -0.15) is 4.37 Å². The molecule has 3 aromatic rings. The largest absolute Gasteiger partial charge is 0.505 e. The second-order valence-corrected chi connectivity index (χ2v) is 8.15. The number of benzene rings is 1. The van der Waals surface area contributed by atoms with E-state index in [9.17, 15) is 14.7 Å². The number of azo groups is 1. The summed E-state index contributed by atoms with van der Waals surface area (Å²) in [5, 5.41) is 26.1. The summed E-state index contributed by atoms with van der Waals surface area (Å²) in [6.45, 7) is 5.06. The molecule has 0 unspecified atom stereocenters. The molecule has 4 rings (SSSR count). The van der Waals surface area contributed by atoms with E-state index in [4.69, 9.17) is 0 Å². The molecule has 0 saturated heterocycles. The van der Waals surface area contributed by atoms with E-state index in [1.165, 1.54) is 13.0 Å². The van der Waals surface area contributed by atoms with E-state index in [1.54, 1.807) is 12.3 Å². The first kappa shape index (κ1) is 18.9. The average Bonchev–Trinajstić information content (AvgIpc) is 3.04. The van der Waals surface area contributed by atoms with Crippen LogP contribution in [0.1, 0.15) is 32.8 Å². The predicted molar refractivity (Wildman–Crippen MR) is 110 cm³/mol. The molecule has 2 amide bonds. The first-order valence-electron chi connectivity index (χ1n) is 8.86. The molecule has 1 aromatic carbocycles. The summed E-state index contributed by atoms with van der Waals surface area (Å²) < 4.78 is 4.23. The number of aromatic nitrogens is 2. The number of pyridine rings is 1. The first-order chi connectivity index (χ1) is 13.8. The highest BCUT2D eigenvalue weighted by Gasteiger charge is 2.37. The molecule has 3 heterocycles. The van der Waals surface area contributed by atoms with Crippen LogP contribution in [0.5, 0.6) is 5.75 Å². The Hall–Kier alpha value is -3.40. The third-order valence-electron chi connectivity index (χ3n) is 4.62. The van der Waals surface area contributed by atoms with Gasteiger partial charge in [-0.05, 0) is 29.7 Å². The van der Waals surface area contributed by atoms with Crippen molar-refractivity contribution in [2.24, 2.45) is 10.2 Å². The molecule has 1 aliphatic heterocycles. The number of nitrogens with zero attached hydrogens (tertiary/aromatic N) is 4. The van der Waals surface area contributed by atoms with Crippen molar-refractivity contribution in [3.05, 3.63) is 30.0 Å². The van der Waals surface area contributed by atoms with Crippen molar-refractivity contribution < 1.29 is 14.7 Å². The Kier molecular flexibility index (Phi) is 4.50. The van der Waals surface area contributed by atoms with Crippen LogP contribution in [0.4, 0.5) is 22.1 Å². The summed E-state index contributed by atoms with van der Waals surface area (Å²) in [4.78, 5) is 28.0. The number of hydrogen-bond donors (Lipinski definition) is 3. The molecule has 2 aromatic heterocycles. The van der Waals surface area contributed by atoms with Crippen molar-refractivity contribution >= 4 is 56.4 Å². The van der Waals surface area contributed by atoms with Crippen molar-refractivity contribution in [3.63, 3.8) is 0 Å². The number of carbonyl (C=O) groups excluding carboxylic acids is 2. The standard InChI is InChI=1S/C19H18N6O3S/c1-9(26)21-12-7-11(15-14(16(12)28)19(2,3)8-13(27)22-15)23-24-18-10-5-4-6-20-17(10)25-29-18/h4-7,28H,8H2,1-3H3,(H,21,26)(H,22,27). The smallest absolute Gasteiger partial charge is 0.225 e. The molecule has 3 N–H and O–H groups in total. The molecule has 10 heteroatoms. The number of anilines is 2. The van der Waals surface area contributed by atoms with E-state index < -0.39 is 5.41 Å². The Bertz CT molecular complexity index is 1180. The van der Waals surface area contributed by atoms with Gasteiger partial charge in [-0.25, -0.2) is 4.98 Å². The summed E-state index contributed by atoms with van der Waals surface area (Å²) in [6.07, 6.45) is 1.84. The van der Waals surface area contributed by atoms with Crippen molar-refractivity contribution in [1.29, 1.82) is 0 Å². The van der Waals surface area contributed by atoms with E-state index in [0.717, 1.165) is 16.9 Å². The number of aromatic hydroxyl groups is 1. The SMILES string of the molecule is CC(=O)Nc1cc(N=Nc2snc3ncccc23)c2c(c1O)C(C)(C)CC(=O)N2. The van der Waals surface area contributed by atoms with Gasteiger partial charge in [0.2, 0.25) is 11.8 Å². The number of amides is 2. The van der Waals surface area contributed by atoms with Crippen LogP contribution in [-0.2, 0) is 15.0 Å². The summed E-state index contributed by atoms with van der Waals surface area (Å²) in [7, 11) is 0. The minimum Gasteiger partial charge on any atom is -0.505 e. The van der Waals surface area contributed by atoms with E-state index in [1.807, 2.05) is 19.9 Å². The lowest BCUT2D eigenvalue weighted by Crippen LogP contribution is -2.32. The van der Waals surface area contributed by atoms with Gasteiger partial charge < -0.3 is 15.7 Å². The number of rotatable bonds is 3. The number of nitrogens with one attached hydrogen (secondary N) is 2. The topological polar surface area (TPSA) is 129 Å². The normalized spacial score (nSPS) is 15.3. The monoisotopic (exact) mass is 410 g/mol. The first-order valence-corrected chi connectivity index (χ1v) is 9.63. The number of phenolic OH excluding ortho intramolecular Hbond substituents is 1. The van der Waals surface area contributed by atoms with E-state index in [0.29, 0.717) is 27.6 Å². The molecule has 0 fully saturated rings.